The van der Waals surface area contributed by atoms with Crippen LogP contribution in [0.2, 0.25) is 0 Å². The Morgan fingerprint density at radius 1 is 0.938 bits per heavy atom. The molecule has 8 nitrogen and oxygen atoms in total. The van der Waals surface area contributed by atoms with Crippen molar-refractivity contribution in [3.63, 3.8) is 0 Å². The fraction of sp³-hybridized carbons (Fsp3) is 0.0870. The molecule has 0 unspecified atom stereocenters. The van der Waals surface area contributed by atoms with Crippen LogP contribution in [0.1, 0.15) is 31.8 Å². The molecule has 1 amide bonds. The number of hydrogen-bond acceptors (Lipinski definition) is 6. The van der Waals surface area contributed by atoms with Crippen LogP contribution in [-0.2, 0) is 14.3 Å². The van der Waals surface area contributed by atoms with Crippen molar-refractivity contribution in [2.45, 2.75) is 6.92 Å². The Kier molecular flexibility index (Phi) is 6.40. The molecular weight excluding hydrogens is 430 g/mol. The third kappa shape index (κ3) is 5.38. The van der Waals surface area contributed by atoms with E-state index in [4.69, 9.17) is 11.1 Å². The molecule has 0 bridgehead atoms. The summed E-state index contributed by atoms with van der Waals surface area (Å²) in [4.78, 5) is 25.6. The fourth-order valence-electron chi connectivity index (χ4n) is 3.09. The van der Waals surface area contributed by atoms with Crippen molar-refractivity contribution in [1.82, 2.24) is 0 Å². The van der Waals surface area contributed by atoms with E-state index in [1.807, 2.05) is 0 Å². The lowest BCUT2D eigenvalue weighted by Gasteiger charge is -2.14. The monoisotopic (exact) mass is 451 g/mol. The van der Waals surface area contributed by atoms with Crippen LogP contribution in [0.15, 0.2) is 66.7 Å². The summed E-state index contributed by atoms with van der Waals surface area (Å²) in [6.45, 7) is 1.75. The van der Waals surface area contributed by atoms with Gasteiger partial charge in [-0.05, 0) is 54.4 Å². The summed E-state index contributed by atoms with van der Waals surface area (Å²) in [5.74, 6) is -1.54. The Morgan fingerprint density at radius 2 is 1.56 bits per heavy atom. The van der Waals surface area contributed by atoms with Crippen LogP contribution in [0.5, 0.6) is 0 Å². The second kappa shape index (κ2) is 9.03. The maximum Gasteiger partial charge on any atom is 0.354 e. The van der Waals surface area contributed by atoms with Gasteiger partial charge in [0.05, 0.1) is 11.8 Å². The van der Waals surface area contributed by atoms with Crippen LogP contribution in [-0.4, -0.2) is 32.4 Å². The maximum absolute atomic E-state index is 13.0. The molecule has 164 valence electrons. The third-order valence-corrected chi connectivity index (χ3v) is 4.99. The van der Waals surface area contributed by atoms with E-state index in [9.17, 15) is 18.0 Å². The fourth-order valence-corrected chi connectivity index (χ4v) is 3.46. The molecule has 3 aromatic carbocycles. The molecule has 0 atom stereocenters. The van der Waals surface area contributed by atoms with Gasteiger partial charge in [-0.2, -0.15) is 8.42 Å². The van der Waals surface area contributed by atoms with Crippen LogP contribution in [0.4, 0.5) is 5.69 Å². The van der Waals surface area contributed by atoms with Gasteiger partial charge in [-0.15, -0.1) is 0 Å². The van der Waals surface area contributed by atoms with E-state index < -0.39 is 22.0 Å². The maximum atomic E-state index is 13.0. The second-order valence-electron chi connectivity index (χ2n) is 7.11. The average molecular weight is 452 g/mol. The van der Waals surface area contributed by atoms with Crippen molar-refractivity contribution in [3.8, 4) is 11.1 Å². The molecule has 0 aliphatic carbocycles. The molecule has 32 heavy (non-hydrogen) atoms. The molecule has 0 aliphatic rings. The Balaban J connectivity index is 2.00. The topological polar surface area (TPSA) is 139 Å². The number of amidine groups is 1. The van der Waals surface area contributed by atoms with Crippen molar-refractivity contribution in [3.05, 3.63) is 89.0 Å². The summed E-state index contributed by atoms with van der Waals surface area (Å²) in [7, 11) is -4.01. The zero-order chi connectivity index (χ0) is 23.5. The molecule has 0 heterocycles. The molecule has 0 radical (unpaired) electrons. The molecule has 9 heteroatoms. The van der Waals surface area contributed by atoms with Crippen LogP contribution < -0.4 is 11.1 Å². The number of hydrogen-bond donors (Lipinski definition) is 3. The zero-order valence-corrected chi connectivity index (χ0v) is 18.2. The summed E-state index contributed by atoms with van der Waals surface area (Å²) in [6.07, 6.45) is 0.791. The molecule has 3 aromatic rings. The van der Waals surface area contributed by atoms with Crippen molar-refractivity contribution in [2.24, 2.45) is 5.73 Å². The lowest BCUT2D eigenvalue weighted by Crippen LogP contribution is -2.16. The molecule has 0 spiro atoms. The minimum Gasteiger partial charge on any atom is -0.384 e. The van der Waals surface area contributed by atoms with E-state index in [0.29, 0.717) is 22.4 Å². The van der Waals surface area contributed by atoms with Gasteiger partial charge >= 0.3 is 16.1 Å². The van der Waals surface area contributed by atoms with E-state index in [-0.39, 0.29) is 17.0 Å². The lowest BCUT2D eigenvalue weighted by atomic mass is 9.93. The number of aryl methyl sites for hydroxylation is 1. The number of carbonyl (C=O) groups excluding carboxylic acids is 2. The van der Waals surface area contributed by atoms with Crippen molar-refractivity contribution < 1.29 is 22.2 Å². The standard InChI is InChI=1S/C23H21N3O5S/c1-14-7-12-18(20(13-14)23(28)31-32(2,29)30)17-5-3-4-6-19(17)22(27)26-16-10-8-15(9-11-16)21(24)25/h3-13H,1-2H3,(H3,24,25)(H,26,27). The van der Waals surface area contributed by atoms with Gasteiger partial charge in [0, 0.05) is 16.8 Å². The minimum atomic E-state index is -4.01. The summed E-state index contributed by atoms with van der Waals surface area (Å²) < 4.78 is 27.5. The number of nitrogens with one attached hydrogen (secondary N) is 2. The van der Waals surface area contributed by atoms with Crippen molar-refractivity contribution in [1.29, 1.82) is 5.41 Å². The SMILES string of the molecule is Cc1ccc(-c2ccccc2C(=O)Nc2ccc(C(=N)N)cc2)c(C(=O)OS(C)(=O)=O)c1. The van der Waals surface area contributed by atoms with Crippen molar-refractivity contribution in [2.75, 3.05) is 11.6 Å². The van der Waals surface area contributed by atoms with Gasteiger partial charge in [0.1, 0.15) is 5.84 Å². The lowest BCUT2D eigenvalue weighted by molar-refractivity contribution is 0.0748. The predicted molar refractivity (Wildman–Crippen MR) is 122 cm³/mol. The molecule has 0 saturated carbocycles. The normalized spacial score (nSPS) is 10.9. The van der Waals surface area contributed by atoms with Gasteiger partial charge in [0.2, 0.25) is 0 Å². The molecule has 0 aliphatic heterocycles. The van der Waals surface area contributed by atoms with E-state index >= 15 is 0 Å². The first kappa shape index (κ1) is 22.7. The number of benzene rings is 3. The highest BCUT2D eigenvalue weighted by molar-refractivity contribution is 7.86. The third-order valence-electron chi connectivity index (χ3n) is 4.54. The smallest absolute Gasteiger partial charge is 0.354 e. The number of carbonyl (C=O) groups is 2. The number of rotatable bonds is 6. The summed E-state index contributed by atoms with van der Waals surface area (Å²) in [5.41, 5.74) is 8.30. The number of nitrogen functional groups attached to an aromatic ring is 1. The van der Waals surface area contributed by atoms with Gasteiger partial charge < -0.3 is 15.2 Å². The van der Waals surface area contributed by atoms with Crippen LogP contribution in [0, 0.1) is 12.3 Å². The van der Waals surface area contributed by atoms with E-state index in [1.54, 1.807) is 67.6 Å². The quantitative estimate of drug-likeness (QED) is 0.298. The first-order chi connectivity index (χ1) is 15.0. The summed E-state index contributed by atoms with van der Waals surface area (Å²) >= 11 is 0. The van der Waals surface area contributed by atoms with Gasteiger partial charge in [-0.25, -0.2) is 4.79 Å². The second-order valence-corrected chi connectivity index (χ2v) is 8.69. The highest BCUT2D eigenvalue weighted by Crippen LogP contribution is 2.29. The Morgan fingerprint density at radius 3 is 2.19 bits per heavy atom. The number of nitrogens with two attached hydrogens (primary N) is 1. The zero-order valence-electron chi connectivity index (χ0n) is 17.4. The predicted octanol–water partition coefficient (Wildman–Crippen LogP) is 3.31. The molecule has 0 aromatic heterocycles. The molecular formula is C23H21N3O5S. The average Bonchev–Trinajstić information content (AvgIpc) is 2.73. The van der Waals surface area contributed by atoms with Gasteiger partial charge in [0.25, 0.3) is 5.91 Å². The van der Waals surface area contributed by atoms with E-state index in [2.05, 4.69) is 9.50 Å². The minimum absolute atomic E-state index is 0.0292. The molecule has 0 saturated heterocycles. The van der Waals surface area contributed by atoms with Crippen LogP contribution >= 0.6 is 0 Å². The van der Waals surface area contributed by atoms with Gasteiger partial charge in [-0.3, -0.25) is 10.2 Å². The Hall–Kier alpha value is -3.98. The molecule has 4 N–H and O–H groups in total. The number of amides is 1. The van der Waals surface area contributed by atoms with Crippen molar-refractivity contribution >= 4 is 33.5 Å². The first-order valence-electron chi connectivity index (χ1n) is 9.45. The highest BCUT2D eigenvalue weighted by Gasteiger charge is 2.22. The van der Waals surface area contributed by atoms with Gasteiger partial charge in [-0.1, -0.05) is 35.9 Å². The van der Waals surface area contributed by atoms with Gasteiger partial charge in [0.15, 0.2) is 0 Å². The largest absolute Gasteiger partial charge is 0.384 e. The highest BCUT2D eigenvalue weighted by atomic mass is 32.2. The Bertz CT molecular complexity index is 1320. The summed E-state index contributed by atoms with van der Waals surface area (Å²) in [6, 6.07) is 18.0. The van der Waals surface area contributed by atoms with Crippen LogP contribution in [0.25, 0.3) is 11.1 Å². The Labute approximate surface area is 185 Å². The van der Waals surface area contributed by atoms with Crippen LogP contribution in [0.3, 0.4) is 0 Å². The van der Waals surface area contributed by atoms with E-state index in [0.717, 1.165) is 11.8 Å². The molecule has 0 fully saturated rings. The first-order valence-corrected chi connectivity index (χ1v) is 11.3. The molecule has 3 rings (SSSR count). The number of anilines is 1. The van der Waals surface area contributed by atoms with E-state index in [1.165, 1.54) is 6.07 Å². The summed E-state index contributed by atoms with van der Waals surface area (Å²) in [5, 5.41) is 10.2.